The Hall–Kier alpha value is -3.49. The summed E-state index contributed by atoms with van der Waals surface area (Å²) in [7, 11) is 0. The molecule has 0 saturated carbocycles. The van der Waals surface area contributed by atoms with Crippen LogP contribution in [0.15, 0.2) is 36.8 Å². The van der Waals surface area contributed by atoms with Gasteiger partial charge in [-0.1, -0.05) is 0 Å². The molecule has 0 aliphatic heterocycles. The lowest BCUT2D eigenvalue weighted by atomic mass is 10.1. The molecule has 9 heteroatoms. The second-order valence-corrected chi connectivity index (χ2v) is 6.65. The van der Waals surface area contributed by atoms with Gasteiger partial charge < -0.3 is 10.6 Å². The van der Waals surface area contributed by atoms with Gasteiger partial charge in [0.25, 0.3) is 0 Å². The van der Waals surface area contributed by atoms with E-state index in [0.29, 0.717) is 34.4 Å². The van der Waals surface area contributed by atoms with Crippen LogP contribution in [-0.4, -0.2) is 30.8 Å². The van der Waals surface area contributed by atoms with Gasteiger partial charge in [0.1, 0.15) is 17.5 Å². The Kier molecular flexibility index (Phi) is 5.25. The van der Waals surface area contributed by atoms with Crippen molar-refractivity contribution in [1.29, 1.82) is 0 Å². The van der Waals surface area contributed by atoms with E-state index in [9.17, 15) is 9.18 Å². The lowest BCUT2D eigenvalue weighted by molar-refractivity contribution is -0.114. The molecule has 8 nitrogen and oxygen atoms in total. The number of nitrogens with one attached hydrogen (secondary N) is 2. The highest BCUT2D eigenvalue weighted by Gasteiger charge is 2.23. The van der Waals surface area contributed by atoms with Gasteiger partial charge in [-0.3, -0.25) is 4.79 Å². The van der Waals surface area contributed by atoms with Gasteiger partial charge in [-0.05, 0) is 32.9 Å². The van der Waals surface area contributed by atoms with Crippen LogP contribution in [0.3, 0.4) is 0 Å². The summed E-state index contributed by atoms with van der Waals surface area (Å²) in [6, 6.07) is 5.04. The molecule has 3 aromatic heterocycles. The molecule has 0 aliphatic carbocycles. The third-order valence-electron chi connectivity index (χ3n) is 3.71. The molecule has 0 saturated heterocycles. The third-order valence-corrected chi connectivity index (χ3v) is 3.71. The highest BCUT2D eigenvalue weighted by Crippen LogP contribution is 2.30. The molecule has 0 radical (unpaired) electrons. The number of hydrogen-bond acceptors (Lipinski definition) is 7. The van der Waals surface area contributed by atoms with Gasteiger partial charge in [0.05, 0.1) is 11.4 Å². The van der Waals surface area contributed by atoms with Crippen molar-refractivity contribution in [2.24, 2.45) is 0 Å². The first-order valence-corrected chi connectivity index (χ1v) is 8.59. The van der Waals surface area contributed by atoms with Crippen LogP contribution in [0.25, 0.3) is 11.3 Å². The number of amides is 1. The Labute approximate surface area is 161 Å². The Bertz CT molecular complexity index is 1020. The predicted molar refractivity (Wildman–Crippen MR) is 104 cm³/mol. The molecular weight excluding hydrogens is 361 g/mol. The SMILES string of the molecule is CC(=O)Nc1cc(Nc2ccnc(C(C)(C)F)n2)c(-c2ccnc(C)n2)cn1. The summed E-state index contributed by atoms with van der Waals surface area (Å²) in [5, 5.41) is 5.79. The number of pyridine rings is 1. The number of carbonyl (C=O) groups is 1. The molecule has 144 valence electrons. The summed E-state index contributed by atoms with van der Waals surface area (Å²) in [5.74, 6) is 1.20. The van der Waals surface area contributed by atoms with Gasteiger partial charge in [-0.2, -0.15) is 0 Å². The second-order valence-electron chi connectivity index (χ2n) is 6.65. The number of hydrogen-bond donors (Lipinski definition) is 2. The van der Waals surface area contributed by atoms with Crippen molar-refractivity contribution in [2.75, 3.05) is 10.6 Å². The minimum absolute atomic E-state index is 0.0630. The van der Waals surface area contributed by atoms with Crippen molar-refractivity contribution in [1.82, 2.24) is 24.9 Å². The summed E-state index contributed by atoms with van der Waals surface area (Å²) in [5.41, 5.74) is 0.249. The van der Waals surface area contributed by atoms with Crippen molar-refractivity contribution in [3.8, 4) is 11.3 Å². The van der Waals surface area contributed by atoms with E-state index in [1.807, 2.05) is 0 Å². The third kappa shape index (κ3) is 4.61. The van der Waals surface area contributed by atoms with Crippen molar-refractivity contribution in [3.63, 3.8) is 0 Å². The Morgan fingerprint density at radius 2 is 1.82 bits per heavy atom. The Balaban J connectivity index is 2.05. The number of anilines is 3. The minimum atomic E-state index is -1.68. The summed E-state index contributed by atoms with van der Waals surface area (Å²) in [6.07, 6.45) is 4.73. The van der Waals surface area contributed by atoms with Gasteiger partial charge in [0.15, 0.2) is 11.5 Å². The normalized spacial score (nSPS) is 11.2. The molecule has 3 rings (SSSR count). The zero-order valence-corrected chi connectivity index (χ0v) is 16.0. The molecule has 0 unspecified atom stereocenters. The molecule has 28 heavy (non-hydrogen) atoms. The van der Waals surface area contributed by atoms with Gasteiger partial charge >= 0.3 is 0 Å². The molecule has 0 fully saturated rings. The van der Waals surface area contributed by atoms with Crippen LogP contribution < -0.4 is 10.6 Å². The first kappa shape index (κ1) is 19.3. The van der Waals surface area contributed by atoms with Crippen LogP contribution >= 0.6 is 0 Å². The number of aryl methyl sites for hydroxylation is 1. The van der Waals surface area contributed by atoms with Gasteiger partial charge in [0.2, 0.25) is 5.91 Å². The predicted octanol–water partition coefficient (Wildman–Crippen LogP) is 3.54. The number of nitrogens with zero attached hydrogens (tertiary/aromatic N) is 5. The number of alkyl halides is 1. The molecular formula is C19H20FN7O. The van der Waals surface area contributed by atoms with Crippen molar-refractivity contribution in [3.05, 3.63) is 48.4 Å². The maximum atomic E-state index is 14.2. The van der Waals surface area contributed by atoms with Gasteiger partial charge in [0, 0.05) is 37.1 Å². The molecule has 0 bridgehead atoms. The van der Waals surface area contributed by atoms with Crippen molar-refractivity contribution >= 4 is 23.2 Å². The monoisotopic (exact) mass is 381 g/mol. The molecule has 3 heterocycles. The first-order valence-electron chi connectivity index (χ1n) is 8.59. The van der Waals surface area contributed by atoms with Gasteiger partial charge in [-0.25, -0.2) is 29.3 Å². The first-order chi connectivity index (χ1) is 13.2. The smallest absolute Gasteiger partial charge is 0.222 e. The molecule has 3 aromatic rings. The zero-order chi connectivity index (χ0) is 20.3. The Morgan fingerprint density at radius 3 is 2.50 bits per heavy atom. The molecule has 0 atom stereocenters. The number of rotatable bonds is 5. The fraction of sp³-hybridized carbons (Fsp3) is 0.263. The standard InChI is InChI=1S/C19H20FN7O/c1-11-21-7-5-14(24-11)13-10-23-17(25-12(2)28)9-15(13)26-16-6-8-22-18(27-16)19(3,4)20/h5-10H,1-4H3,(H2,22,23,25,26,27,28). The van der Waals surface area contributed by atoms with Gasteiger partial charge in [-0.15, -0.1) is 0 Å². The fourth-order valence-electron chi connectivity index (χ4n) is 2.47. The van der Waals surface area contributed by atoms with E-state index in [1.165, 1.54) is 27.0 Å². The van der Waals surface area contributed by atoms with Crippen molar-refractivity contribution in [2.45, 2.75) is 33.4 Å². The topological polar surface area (TPSA) is 106 Å². The van der Waals surface area contributed by atoms with Crippen LogP contribution in [-0.2, 0) is 10.5 Å². The summed E-state index contributed by atoms with van der Waals surface area (Å²) >= 11 is 0. The van der Waals surface area contributed by atoms with Crippen LogP contribution in [0.5, 0.6) is 0 Å². The lowest BCUT2D eigenvalue weighted by Gasteiger charge is -2.16. The number of carbonyl (C=O) groups excluding carboxylic acids is 1. The van der Waals surface area contributed by atoms with E-state index in [4.69, 9.17) is 0 Å². The van der Waals surface area contributed by atoms with Crippen molar-refractivity contribution < 1.29 is 9.18 Å². The van der Waals surface area contributed by atoms with Crippen LogP contribution in [0, 0.1) is 6.92 Å². The van der Waals surface area contributed by atoms with Crippen LogP contribution in [0.4, 0.5) is 21.7 Å². The highest BCUT2D eigenvalue weighted by atomic mass is 19.1. The highest BCUT2D eigenvalue weighted by molar-refractivity contribution is 5.89. The minimum Gasteiger partial charge on any atom is -0.339 e. The van der Waals surface area contributed by atoms with E-state index in [2.05, 4.69) is 35.6 Å². The summed E-state index contributed by atoms with van der Waals surface area (Å²) < 4.78 is 14.2. The molecule has 0 spiro atoms. The Morgan fingerprint density at radius 1 is 1.07 bits per heavy atom. The summed E-state index contributed by atoms with van der Waals surface area (Å²) in [4.78, 5) is 32.4. The van der Waals surface area contributed by atoms with E-state index in [1.54, 1.807) is 37.5 Å². The molecule has 0 aliphatic rings. The molecule has 2 N–H and O–H groups in total. The van der Waals surface area contributed by atoms with E-state index < -0.39 is 5.67 Å². The maximum Gasteiger partial charge on any atom is 0.222 e. The van der Waals surface area contributed by atoms with Crippen LogP contribution in [0.1, 0.15) is 32.4 Å². The fourth-order valence-corrected chi connectivity index (χ4v) is 2.47. The zero-order valence-electron chi connectivity index (χ0n) is 16.0. The van der Waals surface area contributed by atoms with E-state index >= 15 is 0 Å². The molecule has 1 amide bonds. The van der Waals surface area contributed by atoms with E-state index in [-0.39, 0.29) is 11.7 Å². The number of aromatic nitrogens is 5. The van der Waals surface area contributed by atoms with E-state index in [0.717, 1.165) is 0 Å². The summed E-state index contributed by atoms with van der Waals surface area (Å²) in [6.45, 7) is 5.97. The lowest BCUT2D eigenvalue weighted by Crippen LogP contribution is -2.15. The maximum absolute atomic E-state index is 14.2. The molecule has 0 aromatic carbocycles. The average Bonchev–Trinajstić information content (AvgIpc) is 2.61. The average molecular weight is 381 g/mol. The second kappa shape index (κ2) is 7.63. The van der Waals surface area contributed by atoms with Crippen LogP contribution in [0.2, 0.25) is 0 Å². The quantitative estimate of drug-likeness (QED) is 0.696. The number of halogens is 1. The largest absolute Gasteiger partial charge is 0.339 e.